The van der Waals surface area contributed by atoms with Crippen LogP contribution in [0.25, 0.3) is 5.69 Å². The van der Waals surface area contributed by atoms with Gasteiger partial charge in [-0.3, -0.25) is 4.79 Å². The van der Waals surface area contributed by atoms with Gasteiger partial charge in [-0.2, -0.15) is 0 Å². The molecule has 1 fully saturated rings. The van der Waals surface area contributed by atoms with Gasteiger partial charge in [0.05, 0.1) is 11.9 Å². The molecule has 0 aliphatic carbocycles. The van der Waals surface area contributed by atoms with E-state index in [2.05, 4.69) is 10.3 Å². The van der Waals surface area contributed by atoms with Crippen LogP contribution in [-0.2, 0) is 0 Å². The summed E-state index contributed by atoms with van der Waals surface area (Å²) in [6.07, 6.45) is 4.54. The fraction of sp³-hybridized carbons (Fsp3) is 0.438. The number of carbonyl (C=O) groups is 1. The van der Waals surface area contributed by atoms with Gasteiger partial charge in [-0.15, -0.1) is 5.10 Å². The Morgan fingerprint density at radius 2 is 2.09 bits per heavy atom. The predicted molar refractivity (Wildman–Crippen MR) is 83.6 cm³/mol. The van der Waals surface area contributed by atoms with E-state index in [1.54, 1.807) is 23.2 Å². The van der Waals surface area contributed by atoms with Gasteiger partial charge in [-0.1, -0.05) is 5.21 Å². The maximum atomic E-state index is 13.0. The van der Waals surface area contributed by atoms with Crippen molar-refractivity contribution in [1.29, 1.82) is 0 Å². The van der Waals surface area contributed by atoms with Gasteiger partial charge in [-0.05, 0) is 50.5 Å². The third-order valence-corrected chi connectivity index (χ3v) is 4.22. The lowest BCUT2D eigenvalue weighted by Gasteiger charge is -2.37. The van der Waals surface area contributed by atoms with Gasteiger partial charge in [0, 0.05) is 18.6 Å². The highest BCUT2D eigenvalue weighted by atomic mass is 19.1. The highest BCUT2D eigenvalue weighted by Gasteiger charge is 2.31. The quantitative estimate of drug-likeness (QED) is 0.935. The number of rotatable bonds is 3. The lowest BCUT2D eigenvalue weighted by atomic mass is 9.96. The summed E-state index contributed by atoms with van der Waals surface area (Å²) in [6.45, 7) is 2.61. The van der Waals surface area contributed by atoms with Gasteiger partial charge in [0.1, 0.15) is 5.82 Å². The molecule has 0 radical (unpaired) electrons. The first-order valence-electron chi connectivity index (χ1n) is 7.81. The van der Waals surface area contributed by atoms with Gasteiger partial charge < -0.3 is 10.6 Å². The van der Waals surface area contributed by atoms with Crippen molar-refractivity contribution in [2.45, 2.75) is 38.3 Å². The minimum atomic E-state index is -0.321. The van der Waals surface area contributed by atoms with Crippen LogP contribution in [0.3, 0.4) is 0 Å². The molecule has 0 spiro atoms. The first-order valence-corrected chi connectivity index (χ1v) is 7.81. The molecule has 1 aliphatic heterocycles. The van der Waals surface area contributed by atoms with Gasteiger partial charge >= 0.3 is 0 Å². The van der Waals surface area contributed by atoms with Gasteiger partial charge in [0.25, 0.3) is 5.91 Å². The molecule has 1 aliphatic rings. The molecule has 1 aromatic heterocycles. The van der Waals surface area contributed by atoms with Crippen molar-refractivity contribution < 1.29 is 9.18 Å². The number of hydrogen-bond donors (Lipinski definition) is 1. The van der Waals surface area contributed by atoms with Crippen LogP contribution < -0.4 is 5.73 Å². The fourth-order valence-electron chi connectivity index (χ4n) is 2.99. The van der Waals surface area contributed by atoms with Gasteiger partial charge in [-0.25, -0.2) is 9.07 Å². The van der Waals surface area contributed by atoms with E-state index in [1.807, 2.05) is 6.92 Å². The zero-order chi connectivity index (χ0) is 16.4. The van der Waals surface area contributed by atoms with Crippen molar-refractivity contribution in [2.75, 3.05) is 6.54 Å². The van der Waals surface area contributed by atoms with E-state index in [-0.39, 0.29) is 29.5 Å². The number of nitrogens with zero attached hydrogens (tertiary/aromatic N) is 4. The lowest BCUT2D eigenvalue weighted by molar-refractivity contribution is 0.0577. The number of likely N-dealkylation sites (tertiary alicyclic amines) is 1. The number of amides is 1. The third kappa shape index (κ3) is 3.24. The molecule has 2 N–H and O–H groups in total. The Morgan fingerprint density at radius 1 is 1.35 bits per heavy atom. The predicted octanol–water partition coefficient (Wildman–Crippen LogP) is 1.75. The van der Waals surface area contributed by atoms with Crippen molar-refractivity contribution in [3.05, 3.63) is 42.0 Å². The topological polar surface area (TPSA) is 77.0 Å². The molecule has 2 heterocycles. The first kappa shape index (κ1) is 15.6. The van der Waals surface area contributed by atoms with Crippen molar-refractivity contribution in [3.8, 4) is 5.69 Å². The summed E-state index contributed by atoms with van der Waals surface area (Å²) in [5.74, 6) is -0.474. The average Bonchev–Trinajstić information content (AvgIpc) is 3.04. The molecule has 7 heteroatoms. The molecule has 0 saturated carbocycles. The maximum Gasteiger partial charge on any atom is 0.276 e. The Balaban J connectivity index is 1.81. The lowest BCUT2D eigenvalue weighted by Crippen LogP contribution is -2.51. The number of halogens is 1. The van der Waals surface area contributed by atoms with Crippen LogP contribution >= 0.6 is 0 Å². The van der Waals surface area contributed by atoms with E-state index < -0.39 is 0 Å². The maximum absolute atomic E-state index is 13.0. The second-order valence-electron chi connectivity index (χ2n) is 5.95. The second-order valence-corrected chi connectivity index (χ2v) is 5.95. The van der Waals surface area contributed by atoms with Crippen molar-refractivity contribution in [1.82, 2.24) is 19.9 Å². The van der Waals surface area contributed by atoms with Gasteiger partial charge in [0.15, 0.2) is 5.69 Å². The van der Waals surface area contributed by atoms with E-state index in [9.17, 15) is 9.18 Å². The SMILES string of the molecule is C[C@@H](N)[C@@H]1CCCCN1C(=O)c1cn(-c2ccc(F)cc2)nn1. The summed E-state index contributed by atoms with van der Waals surface area (Å²) in [5, 5.41) is 7.94. The molecule has 1 aromatic carbocycles. The number of aromatic nitrogens is 3. The molecule has 1 saturated heterocycles. The van der Waals surface area contributed by atoms with Crippen LogP contribution in [0.4, 0.5) is 4.39 Å². The molecule has 0 unspecified atom stereocenters. The van der Waals surface area contributed by atoms with Crippen LogP contribution in [0, 0.1) is 5.82 Å². The van der Waals surface area contributed by atoms with E-state index in [0.717, 1.165) is 19.3 Å². The summed E-state index contributed by atoms with van der Waals surface area (Å²) in [5.41, 5.74) is 6.95. The summed E-state index contributed by atoms with van der Waals surface area (Å²) in [7, 11) is 0. The van der Waals surface area contributed by atoms with Crippen LogP contribution in [0.1, 0.15) is 36.7 Å². The second kappa shape index (κ2) is 6.45. The average molecular weight is 317 g/mol. The van der Waals surface area contributed by atoms with E-state index in [1.165, 1.54) is 16.8 Å². The van der Waals surface area contributed by atoms with Crippen LogP contribution in [0.15, 0.2) is 30.5 Å². The monoisotopic (exact) mass is 317 g/mol. The molecule has 6 nitrogen and oxygen atoms in total. The Kier molecular flexibility index (Phi) is 4.38. The van der Waals surface area contributed by atoms with Crippen LogP contribution in [0.2, 0.25) is 0 Å². The first-order chi connectivity index (χ1) is 11.1. The van der Waals surface area contributed by atoms with Crippen LogP contribution in [-0.4, -0.2) is 44.4 Å². The number of carbonyl (C=O) groups excluding carboxylic acids is 1. The Morgan fingerprint density at radius 3 is 2.78 bits per heavy atom. The molecular weight excluding hydrogens is 297 g/mol. The zero-order valence-electron chi connectivity index (χ0n) is 13.0. The molecule has 0 bridgehead atoms. The molecule has 2 atom stereocenters. The molecular formula is C16H20FN5O. The Labute approximate surface area is 134 Å². The Bertz CT molecular complexity index is 682. The van der Waals surface area contributed by atoms with Crippen LogP contribution in [0.5, 0.6) is 0 Å². The molecule has 122 valence electrons. The highest BCUT2D eigenvalue weighted by Crippen LogP contribution is 2.21. The van der Waals surface area contributed by atoms with Gasteiger partial charge in [0.2, 0.25) is 0 Å². The highest BCUT2D eigenvalue weighted by molar-refractivity contribution is 5.92. The number of benzene rings is 1. The number of nitrogens with two attached hydrogens (primary N) is 1. The molecule has 3 rings (SSSR count). The summed E-state index contributed by atoms with van der Waals surface area (Å²) >= 11 is 0. The van der Waals surface area contributed by atoms with E-state index in [0.29, 0.717) is 12.2 Å². The Hall–Kier alpha value is -2.28. The third-order valence-electron chi connectivity index (χ3n) is 4.22. The smallest absolute Gasteiger partial charge is 0.276 e. The fourth-order valence-corrected chi connectivity index (χ4v) is 2.99. The number of piperidine rings is 1. The molecule has 23 heavy (non-hydrogen) atoms. The van der Waals surface area contributed by atoms with Crippen molar-refractivity contribution in [3.63, 3.8) is 0 Å². The van der Waals surface area contributed by atoms with E-state index in [4.69, 9.17) is 5.73 Å². The number of hydrogen-bond acceptors (Lipinski definition) is 4. The van der Waals surface area contributed by atoms with Crippen molar-refractivity contribution in [2.24, 2.45) is 5.73 Å². The minimum absolute atomic E-state index is 0.0345. The summed E-state index contributed by atoms with van der Waals surface area (Å²) in [4.78, 5) is 14.5. The largest absolute Gasteiger partial charge is 0.333 e. The van der Waals surface area contributed by atoms with E-state index >= 15 is 0 Å². The standard InChI is InChI=1S/C16H20FN5O/c1-11(18)15-4-2-3-9-21(15)16(23)14-10-22(20-19-14)13-7-5-12(17)6-8-13/h5-8,10-11,15H,2-4,9,18H2,1H3/t11-,15+/m1/s1. The molecule has 1 amide bonds. The summed E-state index contributed by atoms with van der Waals surface area (Å²) < 4.78 is 14.4. The van der Waals surface area contributed by atoms with Crippen molar-refractivity contribution >= 4 is 5.91 Å². The molecule has 2 aromatic rings. The minimum Gasteiger partial charge on any atom is -0.333 e. The zero-order valence-corrected chi connectivity index (χ0v) is 13.0. The summed E-state index contributed by atoms with van der Waals surface area (Å²) in [6, 6.07) is 5.82. The normalized spacial score (nSPS) is 19.6.